The molecule has 1 aromatic carbocycles. The highest BCUT2D eigenvalue weighted by atomic mass is 16.5. The second-order valence-electron chi connectivity index (χ2n) is 6.13. The van der Waals surface area contributed by atoms with Crippen LogP contribution in [0.4, 0.5) is 0 Å². The predicted octanol–water partition coefficient (Wildman–Crippen LogP) is 3.36. The van der Waals surface area contributed by atoms with Gasteiger partial charge < -0.3 is 10.1 Å². The van der Waals surface area contributed by atoms with Crippen LogP contribution in [0.3, 0.4) is 0 Å². The molecule has 2 heteroatoms. The summed E-state index contributed by atoms with van der Waals surface area (Å²) in [6.07, 6.45) is 3.77. The Labute approximate surface area is 116 Å². The molecule has 3 rings (SSSR count). The second kappa shape index (κ2) is 5.16. The normalized spacial score (nSPS) is 32.2. The van der Waals surface area contributed by atoms with Crippen LogP contribution in [-0.4, -0.2) is 19.7 Å². The smallest absolute Gasteiger partial charge is 0.119 e. The number of ether oxygens (including phenoxy) is 1. The van der Waals surface area contributed by atoms with E-state index in [4.69, 9.17) is 4.74 Å². The van der Waals surface area contributed by atoms with E-state index in [-0.39, 0.29) is 0 Å². The van der Waals surface area contributed by atoms with Gasteiger partial charge in [0.25, 0.3) is 0 Å². The zero-order valence-corrected chi connectivity index (χ0v) is 12.3. The Hall–Kier alpha value is -1.02. The summed E-state index contributed by atoms with van der Waals surface area (Å²) in [5.74, 6) is 3.39. The number of hydrogen-bond donors (Lipinski definition) is 1. The third-order valence-electron chi connectivity index (χ3n) is 5.14. The lowest BCUT2D eigenvalue weighted by Crippen LogP contribution is -2.57. The van der Waals surface area contributed by atoms with Crippen molar-refractivity contribution in [1.82, 2.24) is 5.32 Å². The molecule has 19 heavy (non-hydrogen) atoms. The molecule has 0 radical (unpaired) electrons. The molecule has 2 nitrogen and oxygen atoms in total. The Balaban J connectivity index is 1.80. The van der Waals surface area contributed by atoms with E-state index in [1.807, 2.05) is 0 Å². The molecule has 1 aromatic rings. The summed E-state index contributed by atoms with van der Waals surface area (Å²) in [4.78, 5) is 0. The highest BCUT2D eigenvalue weighted by Gasteiger charge is 2.49. The summed E-state index contributed by atoms with van der Waals surface area (Å²) in [5, 5.41) is 3.75. The first-order valence-electron chi connectivity index (χ1n) is 7.66. The molecule has 0 heterocycles. The van der Waals surface area contributed by atoms with Gasteiger partial charge in [0.15, 0.2) is 0 Å². The van der Waals surface area contributed by atoms with Crippen LogP contribution in [0.5, 0.6) is 5.75 Å². The molecule has 104 valence electrons. The van der Waals surface area contributed by atoms with Crippen LogP contribution >= 0.6 is 0 Å². The van der Waals surface area contributed by atoms with Crippen LogP contribution in [0, 0.1) is 11.8 Å². The highest BCUT2D eigenvalue weighted by molar-refractivity contribution is 5.42. The monoisotopic (exact) mass is 259 g/mol. The van der Waals surface area contributed by atoms with Gasteiger partial charge >= 0.3 is 0 Å². The van der Waals surface area contributed by atoms with Crippen molar-refractivity contribution in [3.05, 3.63) is 29.3 Å². The summed E-state index contributed by atoms with van der Waals surface area (Å²) < 4.78 is 5.35. The van der Waals surface area contributed by atoms with Crippen LogP contribution in [-0.2, 0) is 6.42 Å². The molecule has 0 aliphatic heterocycles. The average Bonchev–Trinajstić information content (AvgIpc) is 2.45. The fourth-order valence-electron chi connectivity index (χ4n) is 4.18. The molecule has 0 bridgehead atoms. The molecule has 2 aliphatic carbocycles. The van der Waals surface area contributed by atoms with E-state index in [1.165, 1.54) is 24.8 Å². The van der Waals surface area contributed by atoms with Gasteiger partial charge in [-0.1, -0.05) is 19.9 Å². The van der Waals surface area contributed by atoms with Crippen molar-refractivity contribution in [2.75, 3.05) is 13.7 Å². The Morgan fingerprint density at radius 2 is 2.21 bits per heavy atom. The van der Waals surface area contributed by atoms with Crippen molar-refractivity contribution in [1.29, 1.82) is 0 Å². The lowest BCUT2D eigenvalue weighted by atomic mass is 9.54. The molecule has 1 fully saturated rings. The minimum atomic E-state index is 0.736. The van der Waals surface area contributed by atoms with Crippen LogP contribution in [0.2, 0.25) is 0 Å². The van der Waals surface area contributed by atoms with Gasteiger partial charge in [-0.25, -0.2) is 0 Å². The van der Waals surface area contributed by atoms with Crippen LogP contribution in [0.25, 0.3) is 0 Å². The number of nitrogens with one attached hydrogen (secondary N) is 1. The van der Waals surface area contributed by atoms with E-state index in [1.54, 1.807) is 12.7 Å². The van der Waals surface area contributed by atoms with Crippen LogP contribution < -0.4 is 10.1 Å². The third kappa shape index (κ3) is 2.06. The molecule has 1 N–H and O–H groups in total. The average molecular weight is 259 g/mol. The minimum absolute atomic E-state index is 0.736. The first-order valence-corrected chi connectivity index (χ1v) is 7.66. The third-order valence-corrected chi connectivity index (χ3v) is 5.14. The van der Waals surface area contributed by atoms with Gasteiger partial charge in [0.1, 0.15) is 5.75 Å². The number of methoxy groups -OCH3 is 1. The van der Waals surface area contributed by atoms with Gasteiger partial charge in [0.2, 0.25) is 0 Å². The van der Waals surface area contributed by atoms with E-state index in [0.717, 1.165) is 36.1 Å². The lowest BCUT2D eigenvalue weighted by Gasteiger charge is -2.54. The van der Waals surface area contributed by atoms with E-state index in [0.29, 0.717) is 0 Å². The molecule has 0 aromatic heterocycles. The van der Waals surface area contributed by atoms with Crippen molar-refractivity contribution in [2.24, 2.45) is 11.8 Å². The molecular formula is C17H25NO. The fourth-order valence-corrected chi connectivity index (χ4v) is 4.18. The zero-order chi connectivity index (χ0) is 13.4. The van der Waals surface area contributed by atoms with Gasteiger partial charge in [-0.05, 0) is 66.8 Å². The predicted molar refractivity (Wildman–Crippen MR) is 78.8 cm³/mol. The topological polar surface area (TPSA) is 21.3 Å². The summed E-state index contributed by atoms with van der Waals surface area (Å²) >= 11 is 0. The van der Waals surface area contributed by atoms with E-state index >= 15 is 0 Å². The summed E-state index contributed by atoms with van der Waals surface area (Å²) in [6.45, 7) is 5.82. The van der Waals surface area contributed by atoms with Gasteiger partial charge in [0, 0.05) is 6.04 Å². The van der Waals surface area contributed by atoms with Crippen molar-refractivity contribution in [3.63, 3.8) is 0 Å². The van der Waals surface area contributed by atoms with Gasteiger partial charge in [0.05, 0.1) is 7.11 Å². The molecule has 2 aliphatic rings. The summed E-state index contributed by atoms with van der Waals surface area (Å²) in [6, 6.07) is 7.41. The maximum atomic E-state index is 5.35. The minimum Gasteiger partial charge on any atom is -0.497 e. The van der Waals surface area contributed by atoms with E-state index in [9.17, 15) is 0 Å². The summed E-state index contributed by atoms with van der Waals surface area (Å²) in [7, 11) is 1.75. The Morgan fingerprint density at radius 1 is 1.37 bits per heavy atom. The molecule has 1 saturated carbocycles. The SMILES string of the molecule is CCCNC1C(C)C2c3ccc(OC)cc3CCC12. The number of hydrogen-bond acceptors (Lipinski definition) is 2. The van der Waals surface area contributed by atoms with Gasteiger partial charge in [-0.3, -0.25) is 0 Å². The summed E-state index contributed by atoms with van der Waals surface area (Å²) in [5.41, 5.74) is 3.10. The zero-order valence-electron chi connectivity index (χ0n) is 12.3. The first-order chi connectivity index (χ1) is 9.26. The van der Waals surface area contributed by atoms with Crippen molar-refractivity contribution < 1.29 is 4.74 Å². The lowest BCUT2D eigenvalue weighted by molar-refractivity contribution is 0.0663. The number of rotatable bonds is 4. The second-order valence-corrected chi connectivity index (χ2v) is 6.13. The van der Waals surface area contributed by atoms with Crippen LogP contribution in [0.1, 0.15) is 43.7 Å². The first kappa shape index (κ1) is 13.0. The van der Waals surface area contributed by atoms with Crippen LogP contribution in [0.15, 0.2) is 18.2 Å². The van der Waals surface area contributed by atoms with E-state index < -0.39 is 0 Å². The maximum Gasteiger partial charge on any atom is 0.119 e. The fraction of sp³-hybridized carbons (Fsp3) is 0.647. The van der Waals surface area contributed by atoms with E-state index in [2.05, 4.69) is 37.4 Å². The number of benzene rings is 1. The number of fused-ring (bicyclic) bond motifs is 3. The van der Waals surface area contributed by atoms with Gasteiger partial charge in [-0.15, -0.1) is 0 Å². The van der Waals surface area contributed by atoms with Crippen molar-refractivity contribution in [2.45, 2.75) is 45.1 Å². The Morgan fingerprint density at radius 3 is 2.95 bits per heavy atom. The standard InChI is InChI=1S/C17H25NO/c1-4-9-18-17-11(2)16-14-8-6-13(19-3)10-12(14)5-7-15(16)17/h6,8,10-11,15-18H,4-5,7,9H2,1-3H3. The molecular weight excluding hydrogens is 234 g/mol. The molecule has 0 amide bonds. The molecule has 4 unspecified atom stereocenters. The maximum absolute atomic E-state index is 5.35. The van der Waals surface area contributed by atoms with Crippen molar-refractivity contribution >= 4 is 0 Å². The Kier molecular flexibility index (Phi) is 3.53. The molecule has 0 spiro atoms. The Bertz CT molecular complexity index is 457. The van der Waals surface area contributed by atoms with Gasteiger partial charge in [-0.2, -0.15) is 0 Å². The van der Waals surface area contributed by atoms with Crippen molar-refractivity contribution in [3.8, 4) is 5.75 Å². The molecule has 4 atom stereocenters. The quantitative estimate of drug-likeness (QED) is 0.895. The number of aryl methyl sites for hydroxylation is 1. The molecule has 0 saturated heterocycles. The highest BCUT2D eigenvalue weighted by Crippen LogP contribution is 2.53. The largest absolute Gasteiger partial charge is 0.497 e.